The van der Waals surface area contributed by atoms with Gasteiger partial charge in [0.15, 0.2) is 0 Å². The molecule has 0 spiro atoms. The maximum atomic E-state index is 12.9. The molecule has 0 bridgehead atoms. The van der Waals surface area contributed by atoms with E-state index >= 15 is 0 Å². The lowest BCUT2D eigenvalue weighted by Crippen LogP contribution is -2.29. The van der Waals surface area contributed by atoms with Crippen molar-refractivity contribution in [3.63, 3.8) is 0 Å². The molecule has 27 heavy (non-hydrogen) atoms. The van der Waals surface area contributed by atoms with Crippen LogP contribution in [0.5, 0.6) is 0 Å². The first kappa shape index (κ1) is 21.1. The monoisotopic (exact) mass is 401 g/mol. The standard InChI is InChI=1S/C10H8F2N2O2.C7H13NO2S/c11-6-1-5(2-7(12)3-6)8-4-9(10(13)15)16-14-8;1-5-3-6(10-4-5)7(9)8-11-2/h1-3,9H,4H2,(H2,13,15);5-6H,3-4H2,1-2H3,(H,8,9)/t;5-,6-/m.1/s1. The van der Waals surface area contributed by atoms with Crippen molar-refractivity contribution in [3.05, 3.63) is 35.4 Å². The van der Waals surface area contributed by atoms with Gasteiger partial charge in [-0.3, -0.25) is 14.3 Å². The SMILES string of the molecule is CSNC(=O)[C@H]1C[C@@H](C)CO1.NC(=O)C1CC(c2cc(F)cc(F)c2)=NO1. The van der Waals surface area contributed by atoms with Crippen LogP contribution in [0.4, 0.5) is 8.78 Å². The van der Waals surface area contributed by atoms with Crippen LogP contribution < -0.4 is 10.5 Å². The zero-order valence-electron chi connectivity index (χ0n) is 14.9. The molecule has 2 aliphatic rings. The number of ether oxygens (including phenoxy) is 1. The third-order valence-electron chi connectivity index (χ3n) is 3.88. The Kier molecular flexibility index (Phi) is 7.55. The molecule has 1 aromatic carbocycles. The molecule has 0 aliphatic carbocycles. The Hall–Kier alpha value is -2.20. The topological polar surface area (TPSA) is 103 Å². The molecule has 7 nitrogen and oxygen atoms in total. The molecule has 10 heteroatoms. The van der Waals surface area contributed by atoms with E-state index in [0.717, 1.165) is 24.6 Å². The summed E-state index contributed by atoms with van der Waals surface area (Å²) in [4.78, 5) is 26.7. The van der Waals surface area contributed by atoms with E-state index in [1.807, 2.05) is 6.26 Å². The van der Waals surface area contributed by atoms with E-state index in [0.29, 0.717) is 18.2 Å². The van der Waals surface area contributed by atoms with Crippen LogP contribution in [0.3, 0.4) is 0 Å². The van der Waals surface area contributed by atoms with Crippen molar-refractivity contribution in [2.45, 2.75) is 32.0 Å². The maximum Gasteiger partial charge on any atom is 0.261 e. The predicted molar refractivity (Wildman–Crippen MR) is 96.8 cm³/mol. The Morgan fingerprint density at radius 1 is 1.26 bits per heavy atom. The first-order chi connectivity index (χ1) is 12.8. The molecular formula is C17H21F2N3O4S. The number of nitrogens with zero attached hydrogens (tertiary/aromatic N) is 1. The van der Waals surface area contributed by atoms with Crippen molar-refractivity contribution in [2.24, 2.45) is 16.8 Å². The summed E-state index contributed by atoms with van der Waals surface area (Å²) in [6.45, 7) is 2.80. The zero-order valence-corrected chi connectivity index (χ0v) is 15.7. The van der Waals surface area contributed by atoms with Gasteiger partial charge < -0.3 is 15.3 Å². The minimum Gasteiger partial charge on any atom is -0.382 e. The maximum absolute atomic E-state index is 12.9. The van der Waals surface area contributed by atoms with Gasteiger partial charge in [-0.2, -0.15) is 0 Å². The van der Waals surface area contributed by atoms with Crippen LogP contribution in [-0.2, 0) is 19.2 Å². The van der Waals surface area contributed by atoms with E-state index in [1.165, 1.54) is 11.9 Å². The highest BCUT2D eigenvalue weighted by Gasteiger charge is 2.28. The lowest BCUT2D eigenvalue weighted by Gasteiger charge is -2.06. The molecule has 0 radical (unpaired) electrons. The highest BCUT2D eigenvalue weighted by molar-refractivity contribution is 7.97. The first-order valence-corrected chi connectivity index (χ1v) is 9.45. The van der Waals surface area contributed by atoms with Gasteiger partial charge in [-0.25, -0.2) is 8.78 Å². The third kappa shape index (κ3) is 6.17. The second kappa shape index (κ2) is 9.65. The molecule has 1 saturated heterocycles. The van der Waals surface area contributed by atoms with Crippen LogP contribution in [0.1, 0.15) is 25.3 Å². The number of carbonyl (C=O) groups excluding carboxylic acids is 2. The normalized spacial score (nSPS) is 23.7. The Bertz CT molecular complexity index is 712. The van der Waals surface area contributed by atoms with Crippen molar-refractivity contribution in [2.75, 3.05) is 12.9 Å². The van der Waals surface area contributed by atoms with Crippen LogP contribution >= 0.6 is 11.9 Å². The van der Waals surface area contributed by atoms with Crippen LogP contribution in [0, 0.1) is 17.6 Å². The summed E-state index contributed by atoms with van der Waals surface area (Å²) < 4.78 is 33.7. The van der Waals surface area contributed by atoms with Gasteiger partial charge in [0.1, 0.15) is 17.7 Å². The summed E-state index contributed by atoms with van der Waals surface area (Å²) in [6.07, 6.45) is 1.74. The van der Waals surface area contributed by atoms with Gasteiger partial charge >= 0.3 is 0 Å². The molecule has 3 atom stereocenters. The third-order valence-corrected chi connectivity index (χ3v) is 4.28. The molecule has 1 aromatic rings. The van der Waals surface area contributed by atoms with Crippen molar-refractivity contribution >= 4 is 29.5 Å². The molecule has 0 saturated carbocycles. The number of amides is 2. The molecule has 2 aliphatic heterocycles. The number of halogens is 2. The highest BCUT2D eigenvalue weighted by Crippen LogP contribution is 2.19. The molecule has 0 aromatic heterocycles. The minimum atomic E-state index is -0.860. The van der Waals surface area contributed by atoms with Crippen molar-refractivity contribution in [1.29, 1.82) is 0 Å². The first-order valence-electron chi connectivity index (χ1n) is 8.23. The lowest BCUT2D eigenvalue weighted by molar-refractivity contribution is -0.128. The number of hydrogen-bond donors (Lipinski definition) is 2. The summed E-state index contributed by atoms with van der Waals surface area (Å²) in [7, 11) is 0. The van der Waals surface area contributed by atoms with E-state index in [9.17, 15) is 18.4 Å². The zero-order chi connectivity index (χ0) is 20.0. The molecule has 148 valence electrons. The quantitative estimate of drug-likeness (QED) is 0.749. The number of benzene rings is 1. The number of hydrogen-bond acceptors (Lipinski definition) is 6. The number of oxime groups is 1. The highest BCUT2D eigenvalue weighted by atomic mass is 32.2. The predicted octanol–water partition coefficient (Wildman–Crippen LogP) is 1.75. The van der Waals surface area contributed by atoms with E-state index < -0.39 is 23.6 Å². The van der Waals surface area contributed by atoms with Gasteiger partial charge in [-0.15, -0.1) is 0 Å². The average Bonchev–Trinajstić information content (AvgIpc) is 3.24. The fourth-order valence-electron chi connectivity index (χ4n) is 2.55. The molecular weight excluding hydrogens is 380 g/mol. The average molecular weight is 401 g/mol. The number of carbonyl (C=O) groups is 2. The van der Waals surface area contributed by atoms with Gasteiger partial charge in [-0.1, -0.05) is 24.0 Å². The Morgan fingerprint density at radius 3 is 2.41 bits per heavy atom. The largest absolute Gasteiger partial charge is 0.382 e. The van der Waals surface area contributed by atoms with Crippen LogP contribution in [0.15, 0.2) is 23.4 Å². The van der Waals surface area contributed by atoms with Gasteiger partial charge in [-0.05, 0) is 24.5 Å². The smallest absolute Gasteiger partial charge is 0.261 e. The minimum absolute atomic E-state index is 0.00171. The number of nitrogens with two attached hydrogens (primary N) is 1. The second-order valence-electron chi connectivity index (χ2n) is 6.23. The summed E-state index contributed by atoms with van der Waals surface area (Å²) in [6, 6.07) is 2.99. The van der Waals surface area contributed by atoms with Gasteiger partial charge in [0.25, 0.3) is 11.8 Å². The number of nitrogens with one attached hydrogen (secondary N) is 1. The Balaban J connectivity index is 0.000000208. The molecule has 1 fully saturated rings. The second-order valence-corrected chi connectivity index (χ2v) is 6.84. The van der Waals surface area contributed by atoms with E-state index in [1.54, 1.807) is 0 Å². The van der Waals surface area contributed by atoms with E-state index in [-0.39, 0.29) is 24.0 Å². The van der Waals surface area contributed by atoms with Gasteiger partial charge in [0.05, 0.1) is 12.3 Å². The molecule has 3 N–H and O–H groups in total. The van der Waals surface area contributed by atoms with E-state index in [4.69, 9.17) is 15.3 Å². The Morgan fingerprint density at radius 2 is 1.93 bits per heavy atom. The fraction of sp³-hybridized carbons (Fsp3) is 0.471. The van der Waals surface area contributed by atoms with Crippen molar-refractivity contribution < 1.29 is 27.9 Å². The van der Waals surface area contributed by atoms with Crippen LogP contribution in [0.2, 0.25) is 0 Å². The summed E-state index contributed by atoms with van der Waals surface area (Å²) >= 11 is 1.32. The fourth-order valence-corrected chi connectivity index (χ4v) is 2.88. The van der Waals surface area contributed by atoms with Crippen molar-refractivity contribution in [1.82, 2.24) is 4.72 Å². The molecule has 3 rings (SSSR count). The number of primary amides is 1. The van der Waals surface area contributed by atoms with Crippen LogP contribution in [-0.4, -0.2) is 42.6 Å². The number of rotatable bonds is 4. The molecule has 2 heterocycles. The van der Waals surface area contributed by atoms with Crippen LogP contribution in [0.25, 0.3) is 0 Å². The Labute approximate surface area is 159 Å². The van der Waals surface area contributed by atoms with E-state index in [2.05, 4.69) is 16.8 Å². The van der Waals surface area contributed by atoms with Gasteiger partial charge in [0.2, 0.25) is 6.10 Å². The summed E-state index contributed by atoms with van der Waals surface area (Å²) in [5.41, 5.74) is 5.57. The lowest BCUT2D eigenvalue weighted by atomic mass is 10.0. The van der Waals surface area contributed by atoms with Gasteiger partial charge in [0, 0.05) is 24.3 Å². The molecule has 2 amide bonds. The summed E-state index contributed by atoms with van der Waals surface area (Å²) in [5, 5.41) is 3.57. The van der Waals surface area contributed by atoms with Crippen molar-refractivity contribution in [3.8, 4) is 0 Å². The molecule has 1 unspecified atom stereocenters. The summed E-state index contributed by atoms with van der Waals surface area (Å²) in [5.74, 6) is -1.55.